The van der Waals surface area contributed by atoms with Crippen LogP contribution in [0.2, 0.25) is 0 Å². The first-order chi connectivity index (χ1) is 14.1. The van der Waals surface area contributed by atoms with Gasteiger partial charge in [-0.15, -0.1) is 0 Å². The van der Waals surface area contributed by atoms with E-state index < -0.39 is 0 Å². The second kappa shape index (κ2) is 6.77. The van der Waals surface area contributed by atoms with Gasteiger partial charge >= 0.3 is 0 Å². The Morgan fingerprint density at radius 2 is 1.93 bits per heavy atom. The number of hydrogen-bond acceptors (Lipinski definition) is 5. The molecule has 6 nitrogen and oxygen atoms in total. The Labute approximate surface area is 166 Å². The lowest BCUT2D eigenvalue weighted by molar-refractivity contribution is -0.0104. The molecule has 0 radical (unpaired) electrons. The molecule has 0 bridgehead atoms. The van der Waals surface area contributed by atoms with Gasteiger partial charge in [0.25, 0.3) is 11.8 Å². The Balaban J connectivity index is 1.36. The largest absolute Gasteiger partial charge is 0.360 e. The minimum Gasteiger partial charge on any atom is -0.360 e. The van der Waals surface area contributed by atoms with Crippen LogP contribution in [0.1, 0.15) is 57.7 Å². The molecule has 148 valence electrons. The number of hydrazine groups is 1. The molecule has 2 aliphatic rings. The molecule has 3 aromatic rings. The third kappa shape index (κ3) is 2.76. The normalized spacial score (nSPS) is 18.1. The van der Waals surface area contributed by atoms with Gasteiger partial charge in [0.1, 0.15) is 17.1 Å². The molecular weight excluding hydrogens is 373 g/mol. The van der Waals surface area contributed by atoms with Gasteiger partial charge in [-0.05, 0) is 43.0 Å². The molecule has 0 N–H and O–H groups in total. The molecule has 0 atom stereocenters. The quantitative estimate of drug-likeness (QED) is 0.631. The molecule has 1 fully saturated rings. The molecule has 1 saturated heterocycles. The van der Waals surface area contributed by atoms with Crippen molar-refractivity contribution in [3.05, 3.63) is 64.7 Å². The Morgan fingerprint density at radius 3 is 2.69 bits per heavy atom. The van der Waals surface area contributed by atoms with Gasteiger partial charge in [0.2, 0.25) is 0 Å². The topological polar surface area (TPSA) is 66.7 Å². The molecule has 3 heterocycles. The van der Waals surface area contributed by atoms with E-state index in [-0.39, 0.29) is 23.5 Å². The maximum atomic E-state index is 13.4. The molecule has 5 rings (SSSR count). The second-order valence-electron chi connectivity index (χ2n) is 7.55. The number of aromatic nitrogens is 1. The van der Waals surface area contributed by atoms with Crippen molar-refractivity contribution < 1.29 is 18.5 Å². The van der Waals surface area contributed by atoms with Crippen LogP contribution in [-0.4, -0.2) is 40.1 Å². The summed E-state index contributed by atoms with van der Waals surface area (Å²) in [6.45, 7) is 3.09. The summed E-state index contributed by atoms with van der Waals surface area (Å²) in [5.74, 6) is 0.0310. The van der Waals surface area contributed by atoms with Crippen molar-refractivity contribution in [3.63, 3.8) is 0 Å². The van der Waals surface area contributed by atoms with Gasteiger partial charge in [0.05, 0.1) is 11.1 Å². The first-order valence-corrected chi connectivity index (χ1v) is 9.89. The lowest BCUT2D eigenvalue weighted by Crippen LogP contribution is -2.49. The molecule has 0 unspecified atom stereocenters. The van der Waals surface area contributed by atoms with E-state index >= 15 is 0 Å². The first-order valence-electron chi connectivity index (χ1n) is 9.89. The average molecular weight is 393 g/mol. The third-order valence-corrected chi connectivity index (χ3v) is 5.95. The highest BCUT2D eigenvalue weighted by molar-refractivity contribution is 6.21. The van der Waals surface area contributed by atoms with Crippen LogP contribution in [0.15, 0.2) is 40.9 Å². The summed E-state index contributed by atoms with van der Waals surface area (Å²) in [7, 11) is 0. The summed E-state index contributed by atoms with van der Waals surface area (Å²) in [4.78, 5) is 25.9. The molecule has 29 heavy (non-hydrogen) atoms. The summed E-state index contributed by atoms with van der Waals surface area (Å²) in [6, 6.07) is 9.92. The van der Waals surface area contributed by atoms with Crippen molar-refractivity contribution in [1.29, 1.82) is 0 Å². The maximum absolute atomic E-state index is 13.4. The summed E-state index contributed by atoms with van der Waals surface area (Å²) >= 11 is 0. The van der Waals surface area contributed by atoms with Gasteiger partial charge in [-0.1, -0.05) is 24.2 Å². The van der Waals surface area contributed by atoms with E-state index in [1.807, 2.05) is 24.1 Å². The number of hydrogen-bond donors (Lipinski definition) is 0. The summed E-state index contributed by atoms with van der Waals surface area (Å²) in [5, 5.41) is 7.92. The molecule has 0 spiro atoms. The first kappa shape index (κ1) is 18.0. The number of imide groups is 1. The zero-order chi connectivity index (χ0) is 20.1. The highest BCUT2D eigenvalue weighted by Crippen LogP contribution is 2.35. The molecule has 2 aliphatic heterocycles. The number of benzene rings is 2. The molecule has 7 heteroatoms. The minimum atomic E-state index is -0.343. The second-order valence-corrected chi connectivity index (χ2v) is 7.55. The van der Waals surface area contributed by atoms with Crippen LogP contribution >= 0.6 is 0 Å². The van der Waals surface area contributed by atoms with E-state index in [9.17, 15) is 14.0 Å². The smallest absolute Gasteiger partial charge is 0.276 e. The summed E-state index contributed by atoms with van der Waals surface area (Å²) < 4.78 is 18.9. The SMILES string of the molecule is CCc1cccc2c1C(=O)N(N1CCC(c3onc4cc(F)ccc34)CC1)C2=O. The zero-order valence-electron chi connectivity index (χ0n) is 16.0. The van der Waals surface area contributed by atoms with Crippen molar-refractivity contribution in [2.75, 3.05) is 13.1 Å². The van der Waals surface area contributed by atoms with Crippen LogP contribution in [0.3, 0.4) is 0 Å². The number of carbonyl (C=O) groups is 2. The monoisotopic (exact) mass is 393 g/mol. The number of nitrogens with zero attached hydrogens (tertiary/aromatic N) is 3. The van der Waals surface area contributed by atoms with Gasteiger partial charge in [0.15, 0.2) is 0 Å². The number of amides is 2. The Kier molecular flexibility index (Phi) is 4.20. The van der Waals surface area contributed by atoms with Crippen LogP contribution in [0.25, 0.3) is 10.9 Å². The van der Waals surface area contributed by atoms with Crippen LogP contribution in [-0.2, 0) is 6.42 Å². The highest BCUT2D eigenvalue weighted by atomic mass is 19.1. The standard InChI is InChI=1S/C22H20FN3O3/c1-2-13-4-3-5-17-19(13)22(28)26(21(17)27)25-10-8-14(9-11-25)20-16-7-6-15(23)12-18(16)24-29-20/h3-7,12,14H,2,8-11H2,1H3. The van der Waals surface area contributed by atoms with E-state index in [2.05, 4.69) is 5.16 Å². The van der Waals surface area contributed by atoms with Gasteiger partial charge in [0, 0.05) is 30.5 Å². The van der Waals surface area contributed by atoms with E-state index in [0.717, 1.165) is 29.6 Å². The number of aryl methyl sites for hydroxylation is 1. The van der Waals surface area contributed by atoms with E-state index in [1.54, 1.807) is 12.1 Å². The number of halogens is 1. The van der Waals surface area contributed by atoms with Gasteiger partial charge in [-0.3, -0.25) is 9.59 Å². The molecule has 1 aromatic heterocycles. The molecule has 2 aromatic carbocycles. The zero-order valence-corrected chi connectivity index (χ0v) is 16.0. The van der Waals surface area contributed by atoms with Crippen LogP contribution in [0.4, 0.5) is 4.39 Å². The fraction of sp³-hybridized carbons (Fsp3) is 0.318. The molecule has 0 saturated carbocycles. The Morgan fingerprint density at radius 1 is 1.14 bits per heavy atom. The predicted octanol–water partition coefficient (Wildman–Crippen LogP) is 3.92. The van der Waals surface area contributed by atoms with E-state index in [0.29, 0.717) is 36.2 Å². The fourth-order valence-electron chi connectivity index (χ4n) is 4.45. The van der Waals surface area contributed by atoms with Crippen molar-refractivity contribution in [2.24, 2.45) is 0 Å². The number of carbonyl (C=O) groups excluding carboxylic acids is 2. The minimum absolute atomic E-state index is 0.114. The van der Waals surface area contributed by atoms with Crippen molar-refractivity contribution in [3.8, 4) is 0 Å². The van der Waals surface area contributed by atoms with E-state index in [4.69, 9.17) is 4.52 Å². The summed E-state index contributed by atoms with van der Waals surface area (Å²) in [6.07, 6.45) is 2.14. The lowest BCUT2D eigenvalue weighted by Gasteiger charge is -2.35. The van der Waals surface area contributed by atoms with Gasteiger partial charge < -0.3 is 4.52 Å². The van der Waals surface area contributed by atoms with Crippen molar-refractivity contribution in [1.82, 2.24) is 15.2 Å². The number of fused-ring (bicyclic) bond motifs is 2. The molecule has 0 aliphatic carbocycles. The average Bonchev–Trinajstić information content (AvgIpc) is 3.27. The fourth-order valence-corrected chi connectivity index (χ4v) is 4.45. The van der Waals surface area contributed by atoms with Gasteiger partial charge in [-0.2, -0.15) is 0 Å². The predicted molar refractivity (Wildman–Crippen MR) is 104 cm³/mol. The van der Waals surface area contributed by atoms with Crippen molar-refractivity contribution in [2.45, 2.75) is 32.1 Å². The van der Waals surface area contributed by atoms with Crippen LogP contribution < -0.4 is 0 Å². The number of rotatable bonds is 3. The van der Waals surface area contributed by atoms with Crippen molar-refractivity contribution >= 4 is 22.7 Å². The number of piperidine rings is 1. The third-order valence-electron chi connectivity index (χ3n) is 5.95. The van der Waals surface area contributed by atoms with E-state index in [1.165, 1.54) is 17.1 Å². The Hall–Kier alpha value is -3.06. The lowest BCUT2D eigenvalue weighted by atomic mass is 9.93. The molecule has 2 amide bonds. The van der Waals surface area contributed by atoms with Gasteiger partial charge in [-0.25, -0.2) is 14.4 Å². The Bertz CT molecular complexity index is 1130. The highest BCUT2D eigenvalue weighted by Gasteiger charge is 2.42. The summed E-state index contributed by atoms with van der Waals surface area (Å²) in [5.41, 5.74) is 2.43. The maximum Gasteiger partial charge on any atom is 0.276 e. The van der Waals surface area contributed by atoms with Crippen LogP contribution in [0.5, 0.6) is 0 Å². The van der Waals surface area contributed by atoms with Crippen LogP contribution in [0, 0.1) is 5.82 Å². The molecular formula is C22H20FN3O3.